The fourth-order valence-electron chi connectivity index (χ4n) is 2.92. The molecular formula is C20H17N3O2S. The van der Waals surface area contributed by atoms with Crippen molar-refractivity contribution >= 4 is 21.2 Å². The fourth-order valence-corrected chi connectivity index (χ4v) is 3.55. The molecule has 0 radical (unpaired) electrons. The summed E-state index contributed by atoms with van der Waals surface area (Å²) in [5.74, 6) is 0. The van der Waals surface area contributed by atoms with Gasteiger partial charge in [-0.3, -0.25) is 4.40 Å². The van der Waals surface area contributed by atoms with Crippen molar-refractivity contribution in [2.24, 2.45) is 0 Å². The molecule has 2 aromatic carbocycles. The lowest BCUT2D eigenvalue weighted by Crippen LogP contribution is -1.96. The molecule has 4 rings (SSSR count). The number of rotatable bonds is 3. The molecule has 0 spiro atoms. The van der Waals surface area contributed by atoms with Gasteiger partial charge in [-0.15, -0.1) is 0 Å². The zero-order valence-electron chi connectivity index (χ0n) is 14.1. The van der Waals surface area contributed by atoms with Crippen molar-refractivity contribution in [2.45, 2.75) is 4.90 Å². The van der Waals surface area contributed by atoms with E-state index in [1.807, 2.05) is 65.3 Å². The molecule has 5 nitrogen and oxygen atoms in total. The summed E-state index contributed by atoms with van der Waals surface area (Å²) in [4.78, 5) is 4.81. The van der Waals surface area contributed by atoms with E-state index in [9.17, 15) is 8.42 Å². The normalized spacial score (nSPS) is 11.7. The van der Waals surface area contributed by atoms with Crippen molar-refractivity contribution in [3.05, 3.63) is 73.1 Å². The first kappa shape index (κ1) is 16.4. The van der Waals surface area contributed by atoms with E-state index < -0.39 is 9.84 Å². The van der Waals surface area contributed by atoms with Crippen molar-refractivity contribution in [2.75, 3.05) is 12.0 Å². The van der Waals surface area contributed by atoms with Crippen LogP contribution in [-0.4, -0.2) is 24.1 Å². The van der Waals surface area contributed by atoms with Crippen molar-refractivity contribution in [1.82, 2.24) is 9.38 Å². The van der Waals surface area contributed by atoms with E-state index in [4.69, 9.17) is 5.73 Å². The van der Waals surface area contributed by atoms with Crippen molar-refractivity contribution < 1.29 is 8.42 Å². The molecule has 0 amide bonds. The lowest BCUT2D eigenvalue weighted by Gasteiger charge is -2.06. The summed E-state index contributed by atoms with van der Waals surface area (Å²) < 4.78 is 25.2. The summed E-state index contributed by atoms with van der Waals surface area (Å²) in [6, 6.07) is 18.5. The van der Waals surface area contributed by atoms with Crippen LogP contribution in [0.3, 0.4) is 0 Å². The second-order valence-corrected chi connectivity index (χ2v) is 8.22. The average Bonchev–Trinajstić information content (AvgIpc) is 3.05. The van der Waals surface area contributed by atoms with Crippen LogP contribution in [0, 0.1) is 0 Å². The zero-order valence-corrected chi connectivity index (χ0v) is 14.9. The monoisotopic (exact) mass is 363 g/mol. The molecule has 0 unspecified atom stereocenters. The molecule has 6 heteroatoms. The van der Waals surface area contributed by atoms with Gasteiger partial charge in [-0.05, 0) is 47.5 Å². The van der Waals surface area contributed by atoms with E-state index >= 15 is 0 Å². The molecule has 0 atom stereocenters. The van der Waals surface area contributed by atoms with Gasteiger partial charge in [-0.2, -0.15) is 0 Å². The molecular weight excluding hydrogens is 346 g/mol. The summed E-state index contributed by atoms with van der Waals surface area (Å²) in [5.41, 5.74) is 11.2. The number of imidazole rings is 1. The Morgan fingerprint density at radius 2 is 1.54 bits per heavy atom. The molecule has 0 aliphatic heterocycles. The number of hydrogen-bond donors (Lipinski definition) is 1. The lowest BCUT2D eigenvalue weighted by atomic mass is 10.1. The number of nitrogens with zero attached hydrogens (tertiary/aromatic N) is 2. The largest absolute Gasteiger partial charge is 0.399 e. The van der Waals surface area contributed by atoms with E-state index in [0.29, 0.717) is 4.90 Å². The van der Waals surface area contributed by atoms with Gasteiger partial charge in [0, 0.05) is 23.7 Å². The third kappa shape index (κ3) is 2.95. The SMILES string of the molecule is CS(=O)(=O)c1ccc(-c2ccn3c(-c4ccc(N)cc4)cnc3c2)cc1. The Kier molecular flexibility index (Phi) is 3.77. The van der Waals surface area contributed by atoms with Crippen LogP contribution in [-0.2, 0) is 9.84 Å². The smallest absolute Gasteiger partial charge is 0.175 e. The number of nitrogens with two attached hydrogens (primary N) is 1. The number of benzene rings is 2. The highest BCUT2D eigenvalue weighted by molar-refractivity contribution is 7.90. The number of aromatic nitrogens is 2. The van der Waals surface area contributed by atoms with Gasteiger partial charge in [-0.25, -0.2) is 13.4 Å². The topological polar surface area (TPSA) is 77.5 Å². The second kappa shape index (κ2) is 6.00. The minimum Gasteiger partial charge on any atom is -0.399 e. The molecule has 0 bridgehead atoms. The molecule has 0 saturated heterocycles. The minimum absolute atomic E-state index is 0.314. The molecule has 0 aliphatic rings. The highest BCUT2D eigenvalue weighted by Gasteiger charge is 2.09. The van der Waals surface area contributed by atoms with Crippen LogP contribution in [0.5, 0.6) is 0 Å². The van der Waals surface area contributed by atoms with Gasteiger partial charge in [0.1, 0.15) is 5.65 Å². The van der Waals surface area contributed by atoms with Crippen LogP contribution in [0.1, 0.15) is 0 Å². The first-order chi connectivity index (χ1) is 12.4. The molecule has 26 heavy (non-hydrogen) atoms. The third-order valence-electron chi connectivity index (χ3n) is 4.34. The number of fused-ring (bicyclic) bond motifs is 1. The average molecular weight is 363 g/mol. The number of nitrogen functional groups attached to an aromatic ring is 1. The Morgan fingerprint density at radius 3 is 2.19 bits per heavy atom. The van der Waals surface area contributed by atoms with E-state index in [-0.39, 0.29) is 0 Å². The summed E-state index contributed by atoms with van der Waals surface area (Å²) in [6.07, 6.45) is 5.00. The van der Waals surface area contributed by atoms with Crippen LogP contribution in [0.25, 0.3) is 28.0 Å². The molecule has 0 fully saturated rings. The molecule has 0 aliphatic carbocycles. The maximum Gasteiger partial charge on any atom is 0.175 e. The van der Waals surface area contributed by atoms with Crippen LogP contribution >= 0.6 is 0 Å². The summed E-state index contributed by atoms with van der Waals surface area (Å²) in [5, 5.41) is 0. The van der Waals surface area contributed by atoms with Crippen molar-refractivity contribution in [3.63, 3.8) is 0 Å². The Labute approximate surface area is 151 Å². The summed E-state index contributed by atoms with van der Waals surface area (Å²) >= 11 is 0. The standard InChI is InChI=1S/C20H17N3O2S/c1-26(24,25)18-8-4-14(5-9-18)16-10-11-23-19(13-22-20(23)12-16)15-2-6-17(21)7-3-15/h2-13H,21H2,1H3. The summed E-state index contributed by atoms with van der Waals surface area (Å²) in [7, 11) is -3.19. The molecule has 4 aromatic rings. The first-order valence-corrected chi connectivity index (χ1v) is 9.94. The maximum atomic E-state index is 11.6. The highest BCUT2D eigenvalue weighted by atomic mass is 32.2. The molecule has 2 heterocycles. The van der Waals surface area contributed by atoms with Crippen LogP contribution in [0.15, 0.2) is 78.0 Å². The van der Waals surface area contributed by atoms with E-state index in [2.05, 4.69) is 4.98 Å². The number of sulfone groups is 1. The fraction of sp³-hybridized carbons (Fsp3) is 0.0500. The Balaban J connectivity index is 1.74. The van der Waals surface area contributed by atoms with Crippen molar-refractivity contribution in [1.29, 1.82) is 0 Å². The van der Waals surface area contributed by atoms with E-state index in [0.717, 1.165) is 33.7 Å². The number of anilines is 1. The van der Waals surface area contributed by atoms with Gasteiger partial charge in [0.15, 0.2) is 9.84 Å². The number of pyridine rings is 1. The van der Waals surface area contributed by atoms with Gasteiger partial charge in [0.05, 0.1) is 16.8 Å². The van der Waals surface area contributed by atoms with Crippen LogP contribution in [0.2, 0.25) is 0 Å². The lowest BCUT2D eigenvalue weighted by molar-refractivity contribution is 0.602. The minimum atomic E-state index is -3.19. The Morgan fingerprint density at radius 1 is 0.885 bits per heavy atom. The summed E-state index contributed by atoms with van der Waals surface area (Å²) in [6.45, 7) is 0. The van der Waals surface area contributed by atoms with Crippen LogP contribution < -0.4 is 5.73 Å². The van der Waals surface area contributed by atoms with Gasteiger partial charge >= 0.3 is 0 Å². The molecule has 2 N–H and O–H groups in total. The van der Waals surface area contributed by atoms with Crippen molar-refractivity contribution in [3.8, 4) is 22.4 Å². The molecule has 0 saturated carbocycles. The van der Waals surface area contributed by atoms with Crippen LogP contribution in [0.4, 0.5) is 5.69 Å². The van der Waals surface area contributed by atoms with Gasteiger partial charge < -0.3 is 5.73 Å². The number of hydrogen-bond acceptors (Lipinski definition) is 4. The quantitative estimate of drug-likeness (QED) is 0.564. The Bertz CT molecular complexity index is 1190. The van der Waals surface area contributed by atoms with Gasteiger partial charge in [0.2, 0.25) is 0 Å². The van der Waals surface area contributed by atoms with E-state index in [1.54, 1.807) is 12.1 Å². The van der Waals surface area contributed by atoms with Gasteiger partial charge in [-0.1, -0.05) is 24.3 Å². The molecule has 2 aromatic heterocycles. The third-order valence-corrected chi connectivity index (χ3v) is 5.46. The predicted octanol–water partition coefficient (Wildman–Crippen LogP) is 3.65. The second-order valence-electron chi connectivity index (χ2n) is 6.21. The molecule has 130 valence electrons. The van der Waals surface area contributed by atoms with E-state index in [1.165, 1.54) is 6.26 Å². The maximum absolute atomic E-state index is 11.6. The first-order valence-electron chi connectivity index (χ1n) is 8.05. The Hall–Kier alpha value is -3.12. The predicted molar refractivity (Wildman–Crippen MR) is 104 cm³/mol. The zero-order chi connectivity index (χ0) is 18.3. The van der Waals surface area contributed by atoms with Gasteiger partial charge in [0.25, 0.3) is 0 Å². The highest BCUT2D eigenvalue weighted by Crippen LogP contribution is 2.26.